The first kappa shape index (κ1) is 18.3. The highest BCUT2D eigenvalue weighted by Gasteiger charge is 2.23. The van der Waals surface area contributed by atoms with Gasteiger partial charge >= 0.3 is 0 Å². The number of ether oxygens (including phenoxy) is 1. The molecule has 0 saturated carbocycles. The van der Waals surface area contributed by atoms with Gasteiger partial charge in [0.1, 0.15) is 5.75 Å². The van der Waals surface area contributed by atoms with Crippen molar-refractivity contribution >= 4 is 7.37 Å². The maximum Gasteiger partial charge on any atom is 0.239 e. The number of rotatable bonds is 12. The molecule has 0 fully saturated rings. The van der Waals surface area contributed by atoms with Crippen molar-refractivity contribution in [3.63, 3.8) is 0 Å². The normalized spacial score (nSPS) is 13.8. The lowest BCUT2D eigenvalue weighted by Crippen LogP contribution is -2.07. The third kappa shape index (κ3) is 8.28. The van der Waals surface area contributed by atoms with Crippen LogP contribution in [0.25, 0.3) is 0 Å². The van der Waals surface area contributed by atoms with E-state index in [1.54, 1.807) is 0 Å². The van der Waals surface area contributed by atoms with Gasteiger partial charge < -0.3 is 9.26 Å². The zero-order valence-corrected chi connectivity index (χ0v) is 14.3. The van der Waals surface area contributed by atoms with Crippen LogP contribution in [0.5, 0.6) is 5.75 Å². The van der Waals surface area contributed by atoms with Gasteiger partial charge in [0.05, 0.1) is 6.61 Å². The summed E-state index contributed by atoms with van der Waals surface area (Å²) in [4.78, 5) is 0. The standard InChI is InChI=1S/C17H29O3P/c1-3-5-7-11-15-21(18,20-14-6-4-2)16-19-17-12-9-8-10-13-17/h8-10,12-13H,3-7,11,14-16H2,1-2H3. The molecule has 0 spiro atoms. The smallest absolute Gasteiger partial charge is 0.239 e. The summed E-state index contributed by atoms with van der Waals surface area (Å²) in [5.41, 5.74) is 0. The Hall–Kier alpha value is -0.790. The van der Waals surface area contributed by atoms with Crippen LogP contribution >= 0.6 is 7.37 Å². The quantitative estimate of drug-likeness (QED) is 0.367. The fourth-order valence-electron chi connectivity index (χ4n) is 2.01. The van der Waals surface area contributed by atoms with E-state index in [2.05, 4.69) is 13.8 Å². The van der Waals surface area contributed by atoms with Gasteiger partial charge in [-0.25, -0.2) is 0 Å². The molecule has 4 heteroatoms. The molecule has 0 bridgehead atoms. The minimum Gasteiger partial charge on any atom is -0.484 e. The van der Waals surface area contributed by atoms with E-state index < -0.39 is 7.37 Å². The lowest BCUT2D eigenvalue weighted by molar-refractivity contribution is 0.275. The Morgan fingerprint density at radius 3 is 2.33 bits per heavy atom. The highest BCUT2D eigenvalue weighted by molar-refractivity contribution is 7.58. The van der Waals surface area contributed by atoms with Crippen LogP contribution < -0.4 is 4.74 Å². The van der Waals surface area contributed by atoms with Gasteiger partial charge in [-0.15, -0.1) is 0 Å². The van der Waals surface area contributed by atoms with E-state index in [-0.39, 0.29) is 6.35 Å². The van der Waals surface area contributed by atoms with Gasteiger partial charge in [-0.1, -0.05) is 57.7 Å². The van der Waals surface area contributed by atoms with Crippen LogP contribution in [0, 0.1) is 0 Å². The minimum absolute atomic E-state index is 0.187. The number of para-hydroxylation sites is 1. The van der Waals surface area contributed by atoms with Crippen molar-refractivity contribution < 1.29 is 13.8 Å². The van der Waals surface area contributed by atoms with Crippen LogP contribution in [-0.4, -0.2) is 19.1 Å². The summed E-state index contributed by atoms with van der Waals surface area (Å²) in [7, 11) is -2.68. The van der Waals surface area contributed by atoms with Crippen LogP contribution in [0.4, 0.5) is 0 Å². The van der Waals surface area contributed by atoms with Crippen molar-refractivity contribution in [2.75, 3.05) is 19.1 Å². The molecule has 21 heavy (non-hydrogen) atoms. The van der Waals surface area contributed by atoms with Gasteiger partial charge in [0, 0.05) is 6.16 Å². The average molecular weight is 312 g/mol. The molecule has 3 nitrogen and oxygen atoms in total. The SMILES string of the molecule is CCCCCCP(=O)(COc1ccccc1)OCCCC. The molecule has 120 valence electrons. The first-order valence-corrected chi connectivity index (χ1v) is 10.1. The zero-order chi connectivity index (χ0) is 15.4. The van der Waals surface area contributed by atoms with Crippen LogP contribution in [0.15, 0.2) is 30.3 Å². The third-order valence-corrected chi connectivity index (χ3v) is 5.52. The van der Waals surface area contributed by atoms with E-state index in [0.29, 0.717) is 12.8 Å². The Morgan fingerprint density at radius 1 is 0.952 bits per heavy atom. The van der Waals surface area contributed by atoms with E-state index in [4.69, 9.17) is 9.26 Å². The van der Waals surface area contributed by atoms with Gasteiger partial charge in [-0.05, 0) is 25.0 Å². The molecule has 1 unspecified atom stereocenters. The van der Waals surface area contributed by atoms with Crippen molar-refractivity contribution in [1.82, 2.24) is 0 Å². The van der Waals surface area contributed by atoms with Crippen molar-refractivity contribution in [1.29, 1.82) is 0 Å². The highest BCUT2D eigenvalue weighted by Crippen LogP contribution is 2.48. The second-order valence-corrected chi connectivity index (χ2v) is 7.96. The fraction of sp³-hybridized carbons (Fsp3) is 0.647. The molecule has 0 amide bonds. The van der Waals surface area contributed by atoms with E-state index in [1.807, 2.05) is 30.3 Å². The molecule has 1 aromatic carbocycles. The molecule has 0 N–H and O–H groups in total. The summed E-state index contributed by atoms with van der Waals surface area (Å²) in [5.74, 6) is 0.755. The Labute approximate surface area is 129 Å². The topological polar surface area (TPSA) is 35.5 Å². The van der Waals surface area contributed by atoms with Gasteiger partial charge in [-0.2, -0.15) is 0 Å². The lowest BCUT2D eigenvalue weighted by Gasteiger charge is -2.19. The maximum atomic E-state index is 12.9. The van der Waals surface area contributed by atoms with E-state index in [0.717, 1.165) is 31.4 Å². The van der Waals surface area contributed by atoms with E-state index in [1.165, 1.54) is 12.8 Å². The monoisotopic (exact) mass is 312 g/mol. The number of benzene rings is 1. The Bertz CT molecular complexity index is 406. The summed E-state index contributed by atoms with van der Waals surface area (Å²) in [5, 5.41) is 0. The predicted octanol–water partition coefficient (Wildman–Crippen LogP) is 5.70. The highest BCUT2D eigenvalue weighted by atomic mass is 31.2. The summed E-state index contributed by atoms with van der Waals surface area (Å²) >= 11 is 0. The predicted molar refractivity (Wildman–Crippen MR) is 89.4 cm³/mol. The molecule has 0 saturated heterocycles. The Morgan fingerprint density at radius 2 is 1.67 bits per heavy atom. The maximum absolute atomic E-state index is 12.9. The van der Waals surface area contributed by atoms with Gasteiger partial charge in [0.25, 0.3) is 0 Å². The fourth-order valence-corrected chi connectivity index (χ4v) is 3.86. The first-order chi connectivity index (χ1) is 10.2. The molecular weight excluding hydrogens is 283 g/mol. The van der Waals surface area contributed by atoms with Crippen LogP contribution in [-0.2, 0) is 9.09 Å². The number of unbranched alkanes of at least 4 members (excludes halogenated alkanes) is 4. The molecule has 1 atom stereocenters. The largest absolute Gasteiger partial charge is 0.484 e. The number of hydrogen-bond donors (Lipinski definition) is 0. The number of hydrogen-bond acceptors (Lipinski definition) is 3. The second kappa shape index (κ2) is 10.9. The molecular formula is C17H29O3P. The van der Waals surface area contributed by atoms with E-state index >= 15 is 0 Å². The molecule has 0 aliphatic carbocycles. The second-order valence-electron chi connectivity index (χ2n) is 5.37. The summed E-state index contributed by atoms with van der Waals surface area (Å²) in [6, 6.07) is 9.54. The van der Waals surface area contributed by atoms with Gasteiger partial charge in [-0.3, -0.25) is 4.57 Å². The molecule has 0 aliphatic rings. The molecule has 1 aromatic rings. The Balaban J connectivity index is 2.47. The molecule has 1 rings (SSSR count). The van der Waals surface area contributed by atoms with Gasteiger partial charge in [0.2, 0.25) is 7.37 Å². The van der Waals surface area contributed by atoms with Crippen molar-refractivity contribution in [3.05, 3.63) is 30.3 Å². The van der Waals surface area contributed by atoms with Crippen LogP contribution in [0.1, 0.15) is 52.4 Å². The minimum atomic E-state index is -2.68. The van der Waals surface area contributed by atoms with Crippen LogP contribution in [0.3, 0.4) is 0 Å². The molecule has 0 heterocycles. The van der Waals surface area contributed by atoms with Crippen molar-refractivity contribution in [2.45, 2.75) is 52.4 Å². The van der Waals surface area contributed by atoms with E-state index in [9.17, 15) is 4.57 Å². The van der Waals surface area contributed by atoms with Crippen molar-refractivity contribution in [2.24, 2.45) is 0 Å². The third-order valence-electron chi connectivity index (χ3n) is 3.35. The lowest BCUT2D eigenvalue weighted by atomic mass is 10.2. The zero-order valence-electron chi connectivity index (χ0n) is 13.4. The van der Waals surface area contributed by atoms with Crippen molar-refractivity contribution in [3.8, 4) is 5.75 Å². The molecule has 0 aliphatic heterocycles. The summed E-state index contributed by atoms with van der Waals surface area (Å²) in [6.07, 6.45) is 7.25. The summed E-state index contributed by atoms with van der Waals surface area (Å²) < 4.78 is 24.3. The summed E-state index contributed by atoms with van der Waals surface area (Å²) in [6.45, 7) is 4.85. The Kier molecular flexibility index (Phi) is 9.45. The van der Waals surface area contributed by atoms with Crippen LogP contribution in [0.2, 0.25) is 0 Å². The first-order valence-electron chi connectivity index (χ1n) is 8.10. The van der Waals surface area contributed by atoms with Gasteiger partial charge in [0.15, 0.2) is 6.35 Å². The molecule has 0 aromatic heterocycles. The molecule has 0 radical (unpaired) electrons. The average Bonchev–Trinajstić information content (AvgIpc) is 2.51.